The van der Waals surface area contributed by atoms with Crippen LogP contribution in [-0.4, -0.2) is 42.4 Å². The molecule has 1 saturated heterocycles. The van der Waals surface area contributed by atoms with Gasteiger partial charge in [0, 0.05) is 6.61 Å². The van der Waals surface area contributed by atoms with Gasteiger partial charge in [0.25, 0.3) is 0 Å². The lowest BCUT2D eigenvalue weighted by Crippen LogP contribution is -2.45. The number of nitrogens with zero attached hydrogens (tertiary/aromatic N) is 1. The fourth-order valence-electron chi connectivity index (χ4n) is 2.06. The number of aliphatic hydroxyl groups is 1. The summed E-state index contributed by atoms with van der Waals surface area (Å²) in [5, 5.41) is 9.22. The van der Waals surface area contributed by atoms with Crippen molar-refractivity contribution in [2.45, 2.75) is 32.4 Å². The van der Waals surface area contributed by atoms with Gasteiger partial charge in [-0.25, -0.2) is 0 Å². The molecule has 90 valence electrons. The summed E-state index contributed by atoms with van der Waals surface area (Å²) >= 11 is 0. The molecular formula is C10H18F3NO. The Bertz CT molecular complexity index is 191. The first kappa shape index (κ1) is 12.8. The second-order valence-corrected chi connectivity index (χ2v) is 4.40. The minimum Gasteiger partial charge on any atom is -0.396 e. The van der Waals surface area contributed by atoms with Gasteiger partial charge in [-0.05, 0) is 37.8 Å². The monoisotopic (exact) mass is 225 g/mol. The Hall–Kier alpha value is -0.290. The predicted molar refractivity (Wildman–Crippen MR) is 51.5 cm³/mol. The van der Waals surface area contributed by atoms with Gasteiger partial charge in [0.2, 0.25) is 0 Å². The molecule has 0 aromatic heterocycles. The molecule has 0 amide bonds. The fraction of sp³-hybridized carbons (Fsp3) is 1.00. The van der Waals surface area contributed by atoms with Gasteiger partial charge in [-0.2, -0.15) is 13.2 Å². The summed E-state index contributed by atoms with van der Waals surface area (Å²) < 4.78 is 36.3. The summed E-state index contributed by atoms with van der Waals surface area (Å²) in [5.41, 5.74) is -0.137. The van der Waals surface area contributed by atoms with E-state index in [9.17, 15) is 18.3 Å². The van der Waals surface area contributed by atoms with Crippen LogP contribution < -0.4 is 0 Å². The summed E-state index contributed by atoms with van der Waals surface area (Å²) in [6, 6.07) is 0. The first-order valence-corrected chi connectivity index (χ1v) is 5.31. The third-order valence-electron chi connectivity index (χ3n) is 3.41. The third-order valence-corrected chi connectivity index (χ3v) is 3.41. The standard InChI is InChI=1S/C10H18F3NO/c1-2-9(8-15)3-5-14(6-4-9)7-10(11,12)13/h15H,2-8H2,1H3. The van der Waals surface area contributed by atoms with Crippen molar-refractivity contribution >= 4 is 0 Å². The first-order valence-electron chi connectivity index (χ1n) is 5.31. The molecule has 1 rings (SSSR count). The molecule has 1 fully saturated rings. The van der Waals surface area contributed by atoms with Crippen molar-refractivity contribution in [2.24, 2.45) is 5.41 Å². The van der Waals surface area contributed by atoms with E-state index in [0.717, 1.165) is 6.42 Å². The molecule has 5 heteroatoms. The van der Waals surface area contributed by atoms with Crippen molar-refractivity contribution in [3.8, 4) is 0 Å². The Morgan fingerprint density at radius 3 is 2.13 bits per heavy atom. The number of hydrogen-bond donors (Lipinski definition) is 1. The quantitative estimate of drug-likeness (QED) is 0.794. The second-order valence-electron chi connectivity index (χ2n) is 4.40. The molecule has 0 aromatic rings. The summed E-state index contributed by atoms with van der Waals surface area (Å²) in [7, 11) is 0. The minimum atomic E-state index is -4.11. The van der Waals surface area contributed by atoms with E-state index in [4.69, 9.17) is 0 Å². The fourth-order valence-corrected chi connectivity index (χ4v) is 2.06. The zero-order valence-electron chi connectivity index (χ0n) is 8.98. The Morgan fingerprint density at radius 2 is 1.80 bits per heavy atom. The maximum Gasteiger partial charge on any atom is 0.401 e. The van der Waals surface area contributed by atoms with E-state index in [2.05, 4.69) is 0 Å². The van der Waals surface area contributed by atoms with E-state index >= 15 is 0 Å². The molecule has 15 heavy (non-hydrogen) atoms. The molecule has 0 radical (unpaired) electrons. The van der Waals surface area contributed by atoms with E-state index < -0.39 is 12.7 Å². The molecule has 1 N–H and O–H groups in total. The van der Waals surface area contributed by atoms with Crippen molar-refractivity contribution in [1.82, 2.24) is 4.90 Å². The van der Waals surface area contributed by atoms with Gasteiger partial charge in [0.15, 0.2) is 0 Å². The van der Waals surface area contributed by atoms with Gasteiger partial charge < -0.3 is 5.11 Å². The molecule has 0 spiro atoms. The maximum absolute atomic E-state index is 12.1. The van der Waals surface area contributed by atoms with Crippen molar-refractivity contribution < 1.29 is 18.3 Å². The lowest BCUT2D eigenvalue weighted by atomic mass is 9.77. The largest absolute Gasteiger partial charge is 0.401 e. The van der Waals surface area contributed by atoms with E-state index in [1.807, 2.05) is 6.92 Å². The molecule has 0 atom stereocenters. The Labute approximate surface area is 88.1 Å². The molecular weight excluding hydrogens is 207 g/mol. The smallest absolute Gasteiger partial charge is 0.396 e. The Kier molecular flexibility index (Phi) is 4.00. The number of hydrogen-bond acceptors (Lipinski definition) is 2. The summed E-state index contributed by atoms with van der Waals surface area (Å²) in [4.78, 5) is 1.42. The molecule has 1 heterocycles. The third kappa shape index (κ3) is 3.65. The average Bonchev–Trinajstić information content (AvgIpc) is 2.17. The van der Waals surface area contributed by atoms with Gasteiger partial charge in [0.1, 0.15) is 0 Å². The average molecular weight is 225 g/mol. The lowest BCUT2D eigenvalue weighted by molar-refractivity contribution is -0.151. The van der Waals surface area contributed by atoms with Crippen LogP contribution in [0.2, 0.25) is 0 Å². The lowest BCUT2D eigenvalue weighted by Gasteiger charge is -2.40. The van der Waals surface area contributed by atoms with Crippen LogP contribution in [0.15, 0.2) is 0 Å². The van der Waals surface area contributed by atoms with E-state index in [0.29, 0.717) is 25.9 Å². The summed E-state index contributed by atoms with van der Waals surface area (Å²) in [6.07, 6.45) is -1.94. The van der Waals surface area contributed by atoms with Crippen LogP contribution in [0.3, 0.4) is 0 Å². The number of rotatable bonds is 3. The van der Waals surface area contributed by atoms with Crippen LogP contribution in [0, 0.1) is 5.41 Å². The number of alkyl halides is 3. The number of halogens is 3. The normalized spacial score (nSPS) is 23.0. The van der Waals surface area contributed by atoms with Gasteiger partial charge in [-0.1, -0.05) is 6.92 Å². The van der Waals surface area contributed by atoms with Crippen molar-refractivity contribution in [3.05, 3.63) is 0 Å². The van der Waals surface area contributed by atoms with Gasteiger partial charge in [-0.3, -0.25) is 4.90 Å². The summed E-state index contributed by atoms with van der Waals surface area (Å²) in [5.74, 6) is 0. The number of piperidine rings is 1. The molecule has 0 unspecified atom stereocenters. The molecule has 0 saturated carbocycles. The summed E-state index contributed by atoms with van der Waals surface area (Å²) in [6.45, 7) is 2.12. The molecule has 0 aliphatic carbocycles. The van der Waals surface area contributed by atoms with E-state index in [1.54, 1.807) is 0 Å². The zero-order chi connectivity index (χ0) is 11.5. The van der Waals surface area contributed by atoms with E-state index in [-0.39, 0.29) is 12.0 Å². The minimum absolute atomic E-state index is 0.0867. The highest BCUT2D eigenvalue weighted by molar-refractivity contribution is 4.85. The number of aliphatic hydroxyl groups excluding tert-OH is 1. The molecule has 2 nitrogen and oxygen atoms in total. The maximum atomic E-state index is 12.1. The highest BCUT2D eigenvalue weighted by Crippen LogP contribution is 2.34. The van der Waals surface area contributed by atoms with Crippen LogP contribution in [-0.2, 0) is 0 Å². The van der Waals surface area contributed by atoms with Crippen molar-refractivity contribution in [3.63, 3.8) is 0 Å². The second kappa shape index (κ2) is 4.70. The Balaban J connectivity index is 2.42. The van der Waals surface area contributed by atoms with E-state index in [1.165, 1.54) is 4.90 Å². The van der Waals surface area contributed by atoms with Crippen LogP contribution in [0.5, 0.6) is 0 Å². The number of likely N-dealkylation sites (tertiary alicyclic amines) is 1. The Morgan fingerprint density at radius 1 is 1.27 bits per heavy atom. The van der Waals surface area contributed by atoms with Crippen LogP contribution >= 0.6 is 0 Å². The van der Waals surface area contributed by atoms with Crippen molar-refractivity contribution in [2.75, 3.05) is 26.2 Å². The molecule has 1 aliphatic heterocycles. The van der Waals surface area contributed by atoms with Gasteiger partial charge in [0.05, 0.1) is 6.54 Å². The van der Waals surface area contributed by atoms with Gasteiger partial charge in [-0.15, -0.1) is 0 Å². The van der Waals surface area contributed by atoms with Gasteiger partial charge >= 0.3 is 6.18 Å². The predicted octanol–water partition coefficient (Wildman–Crippen LogP) is 2.03. The van der Waals surface area contributed by atoms with Crippen LogP contribution in [0.25, 0.3) is 0 Å². The highest BCUT2D eigenvalue weighted by atomic mass is 19.4. The van der Waals surface area contributed by atoms with Crippen molar-refractivity contribution in [1.29, 1.82) is 0 Å². The molecule has 1 aliphatic rings. The zero-order valence-corrected chi connectivity index (χ0v) is 8.98. The highest BCUT2D eigenvalue weighted by Gasteiger charge is 2.37. The molecule has 0 bridgehead atoms. The van der Waals surface area contributed by atoms with Crippen LogP contribution in [0.4, 0.5) is 13.2 Å². The SMILES string of the molecule is CCC1(CO)CCN(CC(F)(F)F)CC1. The first-order chi connectivity index (χ1) is 6.91. The van der Waals surface area contributed by atoms with Crippen LogP contribution in [0.1, 0.15) is 26.2 Å². The molecule has 0 aromatic carbocycles. The topological polar surface area (TPSA) is 23.5 Å².